The number of amides is 2. The largest absolute Gasteiger partial charge is 0.477 e. The number of carbonyl (C=O) groups is 3. The van der Waals surface area contributed by atoms with Gasteiger partial charge in [-0.3, -0.25) is 9.59 Å². The summed E-state index contributed by atoms with van der Waals surface area (Å²) in [5.41, 5.74) is 0. The lowest BCUT2D eigenvalue weighted by atomic mass is 9.88. The van der Waals surface area contributed by atoms with Crippen LogP contribution in [0.1, 0.15) is 194 Å². The van der Waals surface area contributed by atoms with Gasteiger partial charge in [-0.25, -0.2) is 4.79 Å². The molecule has 0 aliphatic carbocycles. The molecule has 0 radical (unpaired) electrons. The molecule has 5 rings (SSSR count). The number of nitrogens with one attached hydrogen (secondary N) is 2. The molecular formula is C67H122N2O30. The minimum atomic E-state index is -3.26. The molecule has 0 spiro atoms. The van der Waals surface area contributed by atoms with E-state index >= 15 is 0 Å². The zero-order valence-electron chi connectivity index (χ0n) is 58.0. The molecule has 580 valence electrons. The van der Waals surface area contributed by atoms with E-state index in [0.717, 1.165) is 58.3 Å². The highest BCUT2D eigenvalue weighted by molar-refractivity contribution is 5.78. The number of hydrogen-bond donors (Lipinski definition) is 19. The first-order valence-electron chi connectivity index (χ1n) is 36.3. The Morgan fingerprint density at radius 3 is 1.33 bits per heavy atom. The maximum atomic E-state index is 13.2. The summed E-state index contributed by atoms with van der Waals surface area (Å²) in [5.74, 6) is -7.33. The van der Waals surface area contributed by atoms with E-state index in [-0.39, 0.29) is 12.5 Å². The average molecular weight is 1440 g/mol. The molecule has 19 N–H and O–H groups in total. The second kappa shape index (κ2) is 45.7. The standard InChI is InChI=1S/C67H122N2O30/c1-4-6-8-10-12-14-16-18-20-22-24-26-28-39(29-27-25-23-21-19-17-15-13-11-9-7-5-2)37-90-63-54(85)53(84)57(45(35-74)94-63)95-64-55(86)60(51(82)43(33-72)92-64)97-62-48(68-38(3)76)58(50(81)42(32-71)91-62)96-65-56(87)61(52(83)44(34-73)93-65)99-67(66(88)89)30-40(77)47(69-46(79)36-75)59(98-67)49(80)41(78)31-70/h39-45,47-65,70-75,77-78,80-87H,4-37H2,1-3H3,(H,68,76)(H,69,79)(H,88,89)/t40-,41+,42+,43+,44+,45+,47+,48+,49+,50+,51-,52-,53+,54+,55+,56+,57+,58+,59+,60-,61-,62-,63+,64-,65-,67-/m0/s1. The molecule has 0 saturated carbocycles. The molecule has 0 aromatic heterocycles. The topological polar surface area (TPSA) is 511 Å². The van der Waals surface area contributed by atoms with Crippen LogP contribution >= 0.6 is 0 Å². The lowest BCUT2D eigenvalue weighted by Gasteiger charge is -2.51. The van der Waals surface area contributed by atoms with Crippen molar-refractivity contribution in [2.75, 3.05) is 46.2 Å². The molecule has 32 nitrogen and oxygen atoms in total. The maximum absolute atomic E-state index is 13.2. The molecule has 0 bridgehead atoms. The molecular weight excluding hydrogens is 1310 g/mol. The lowest BCUT2D eigenvalue weighted by molar-refractivity contribution is -0.389. The van der Waals surface area contributed by atoms with Crippen LogP contribution in [0.4, 0.5) is 0 Å². The van der Waals surface area contributed by atoms with E-state index in [0.29, 0.717) is 0 Å². The van der Waals surface area contributed by atoms with Crippen molar-refractivity contribution in [3.63, 3.8) is 0 Å². The van der Waals surface area contributed by atoms with Crippen LogP contribution in [0.3, 0.4) is 0 Å². The fourth-order valence-electron chi connectivity index (χ4n) is 13.7. The van der Waals surface area contributed by atoms with Crippen molar-refractivity contribution in [1.29, 1.82) is 0 Å². The number of rotatable bonds is 48. The van der Waals surface area contributed by atoms with Gasteiger partial charge in [0.2, 0.25) is 11.8 Å². The van der Waals surface area contributed by atoms with Crippen LogP contribution in [0.15, 0.2) is 0 Å². The van der Waals surface area contributed by atoms with Crippen LogP contribution < -0.4 is 10.6 Å². The molecule has 0 aromatic rings. The van der Waals surface area contributed by atoms with Gasteiger partial charge >= 0.3 is 5.97 Å². The molecule has 32 heteroatoms. The van der Waals surface area contributed by atoms with Gasteiger partial charge in [0.1, 0.15) is 123 Å². The molecule has 5 saturated heterocycles. The van der Waals surface area contributed by atoms with E-state index in [1.807, 2.05) is 0 Å². The highest BCUT2D eigenvalue weighted by atomic mass is 16.8. The minimum Gasteiger partial charge on any atom is -0.477 e. The summed E-state index contributed by atoms with van der Waals surface area (Å²) >= 11 is 0. The van der Waals surface area contributed by atoms with Gasteiger partial charge < -0.3 is 145 Å². The summed E-state index contributed by atoms with van der Waals surface area (Å²) in [6.07, 6.45) is -16.4. The zero-order valence-corrected chi connectivity index (χ0v) is 58.0. The third-order valence-corrected chi connectivity index (χ3v) is 19.6. The Balaban J connectivity index is 1.29. The van der Waals surface area contributed by atoms with Crippen LogP contribution in [0.5, 0.6) is 0 Å². The molecule has 5 heterocycles. The fourth-order valence-corrected chi connectivity index (χ4v) is 13.7. The quantitative estimate of drug-likeness (QED) is 0.0304. The lowest BCUT2D eigenvalue weighted by Crippen LogP contribution is -2.71. The fraction of sp³-hybridized carbons (Fsp3) is 0.955. The van der Waals surface area contributed by atoms with Gasteiger partial charge in [-0.05, 0) is 18.8 Å². The highest BCUT2D eigenvalue weighted by Gasteiger charge is 2.61. The Hall–Kier alpha value is -2.63. The van der Waals surface area contributed by atoms with Crippen molar-refractivity contribution in [2.24, 2.45) is 5.92 Å². The van der Waals surface area contributed by atoms with Crippen LogP contribution in [0, 0.1) is 5.92 Å². The SMILES string of the molecule is CCCCCCCCCCCCCCC(CCCCCCCCCCCCCC)CO[C@@H]1O[C@H](CO)[C@@H](O[C@@H]2O[C@H](CO)[C@H](O)[C@H](O[C@@H]3O[C@H](CO)[C@@H](O)[C@H](O[C@@H]4O[C@H](CO)[C@H](O)[C@H](O[C@]5(C(=O)O)C[C@H](O)[C@@H](NC(=O)CO)[C@H]([C@H](O)[C@H](O)CO)O5)[C@H]4O)[C@H]3NC(C)=O)[C@H]2O)[C@H](O)[C@H]1O. The van der Waals surface area contributed by atoms with Crippen molar-refractivity contribution in [1.82, 2.24) is 10.6 Å². The second-order valence-electron chi connectivity index (χ2n) is 27.4. The predicted molar refractivity (Wildman–Crippen MR) is 347 cm³/mol. The Labute approximate surface area is 580 Å². The van der Waals surface area contributed by atoms with Crippen LogP contribution in [-0.4, -0.2) is 310 Å². The summed E-state index contributed by atoms with van der Waals surface area (Å²) in [4.78, 5) is 38.5. The monoisotopic (exact) mass is 1430 g/mol. The van der Waals surface area contributed by atoms with Crippen LogP contribution in [0.25, 0.3) is 0 Å². The van der Waals surface area contributed by atoms with E-state index in [9.17, 15) is 101 Å². The van der Waals surface area contributed by atoms with Crippen molar-refractivity contribution >= 4 is 17.8 Å². The first kappa shape index (κ1) is 87.0. The molecule has 2 amide bonds. The molecule has 99 heavy (non-hydrogen) atoms. The molecule has 5 aliphatic rings. The predicted octanol–water partition coefficient (Wildman–Crippen LogP) is -1.64. The summed E-state index contributed by atoms with van der Waals surface area (Å²) < 4.78 is 59.4. The van der Waals surface area contributed by atoms with Crippen LogP contribution in [-0.2, 0) is 61.8 Å². The second-order valence-corrected chi connectivity index (χ2v) is 27.4. The smallest absolute Gasteiger partial charge is 0.364 e. The van der Waals surface area contributed by atoms with Crippen molar-refractivity contribution in [2.45, 2.75) is 353 Å². The van der Waals surface area contributed by atoms with Gasteiger partial charge in [0.25, 0.3) is 5.79 Å². The molecule has 26 atom stereocenters. The van der Waals surface area contributed by atoms with E-state index < -0.39 is 223 Å². The molecule has 5 aliphatic heterocycles. The van der Waals surface area contributed by atoms with E-state index in [1.54, 1.807) is 0 Å². The van der Waals surface area contributed by atoms with Crippen molar-refractivity contribution < 1.29 is 149 Å². The van der Waals surface area contributed by atoms with E-state index in [1.165, 1.54) is 116 Å². The number of aliphatic hydroxyl groups excluding tert-OH is 16. The number of ether oxygens (including phenoxy) is 10. The summed E-state index contributed by atoms with van der Waals surface area (Å²) in [7, 11) is 0. The van der Waals surface area contributed by atoms with Crippen molar-refractivity contribution in [3.05, 3.63) is 0 Å². The molecule has 5 fully saturated rings. The number of carboxylic acids is 1. The number of unbranched alkanes of at least 4 members (excludes halogenated alkanes) is 22. The maximum Gasteiger partial charge on any atom is 0.364 e. The third-order valence-electron chi connectivity index (χ3n) is 19.6. The van der Waals surface area contributed by atoms with E-state index in [4.69, 9.17) is 47.4 Å². The van der Waals surface area contributed by atoms with Crippen molar-refractivity contribution in [3.8, 4) is 0 Å². The molecule has 0 unspecified atom stereocenters. The Morgan fingerprint density at radius 2 is 0.889 bits per heavy atom. The summed E-state index contributed by atoms with van der Waals surface area (Å²) in [6, 6.07) is -3.68. The minimum absolute atomic E-state index is 0.102. The first-order valence-corrected chi connectivity index (χ1v) is 36.3. The Bertz CT molecular complexity index is 2190. The Kier molecular flexibility index (Phi) is 40.1. The average Bonchev–Trinajstić information content (AvgIpc) is 0.767. The molecule has 0 aromatic carbocycles. The van der Waals surface area contributed by atoms with E-state index in [2.05, 4.69) is 24.5 Å². The number of carboxylic acid groups (broad SMARTS) is 1. The normalized spacial score (nSPS) is 35.8. The van der Waals surface area contributed by atoms with Gasteiger partial charge in [0.15, 0.2) is 25.2 Å². The number of hydrogen-bond acceptors (Lipinski definition) is 29. The first-order chi connectivity index (χ1) is 47.5. The third kappa shape index (κ3) is 25.8. The summed E-state index contributed by atoms with van der Waals surface area (Å²) in [6.45, 7) is -0.738. The van der Waals surface area contributed by atoms with Crippen LogP contribution in [0.2, 0.25) is 0 Å². The number of aliphatic carboxylic acids is 1. The van der Waals surface area contributed by atoms with Gasteiger partial charge in [-0.15, -0.1) is 0 Å². The van der Waals surface area contributed by atoms with Gasteiger partial charge in [0, 0.05) is 13.3 Å². The van der Waals surface area contributed by atoms with Gasteiger partial charge in [0.05, 0.1) is 51.8 Å². The highest BCUT2D eigenvalue weighted by Crippen LogP contribution is 2.40. The van der Waals surface area contributed by atoms with Gasteiger partial charge in [-0.2, -0.15) is 0 Å². The number of aliphatic hydroxyl groups is 16. The number of carbonyl (C=O) groups excluding carboxylic acids is 2. The van der Waals surface area contributed by atoms with Gasteiger partial charge in [-0.1, -0.05) is 168 Å². The zero-order chi connectivity index (χ0) is 72.8. The Morgan fingerprint density at radius 1 is 0.475 bits per heavy atom. The summed E-state index contributed by atoms with van der Waals surface area (Å²) in [5, 5.41) is 191.